The van der Waals surface area contributed by atoms with Gasteiger partial charge in [0.05, 0.1) is 17.1 Å². The molecule has 0 radical (unpaired) electrons. The van der Waals surface area contributed by atoms with Crippen LogP contribution in [0.4, 0.5) is 11.4 Å². The van der Waals surface area contributed by atoms with E-state index in [0.717, 1.165) is 10.0 Å². The molecule has 2 aromatic carbocycles. The lowest BCUT2D eigenvalue weighted by Gasteiger charge is -2.10. The summed E-state index contributed by atoms with van der Waals surface area (Å²) in [7, 11) is 1.57. The molecule has 0 aliphatic carbocycles. The van der Waals surface area contributed by atoms with E-state index in [1.54, 1.807) is 31.4 Å². The van der Waals surface area contributed by atoms with Gasteiger partial charge in [-0.1, -0.05) is 11.6 Å². The summed E-state index contributed by atoms with van der Waals surface area (Å²) in [6.45, 7) is 1.92. The first kappa shape index (κ1) is 14.4. The molecular weight excluding hydrogens is 320 g/mol. The third-order valence-corrected chi connectivity index (χ3v) is 3.52. The lowest BCUT2D eigenvalue weighted by atomic mass is 10.1. The number of amides is 1. The van der Waals surface area contributed by atoms with Gasteiger partial charge >= 0.3 is 0 Å². The van der Waals surface area contributed by atoms with Gasteiger partial charge in [-0.25, -0.2) is 0 Å². The van der Waals surface area contributed by atoms with E-state index in [4.69, 9.17) is 10.5 Å². The second kappa shape index (κ2) is 5.96. The fraction of sp³-hybridized carbons (Fsp3) is 0.133. The minimum absolute atomic E-state index is 0.240. The van der Waals surface area contributed by atoms with E-state index in [0.29, 0.717) is 22.7 Å². The van der Waals surface area contributed by atoms with Crippen molar-refractivity contribution in [2.75, 3.05) is 18.2 Å². The molecule has 0 atom stereocenters. The Morgan fingerprint density at radius 2 is 2.00 bits per heavy atom. The predicted octanol–water partition coefficient (Wildman–Crippen LogP) is 3.60. The third-order valence-electron chi connectivity index (χ3n) is 2.86. The minimum Gasteiger partial charge on any atom is -0.495 e. The van der Waals surface area contributed by atoms with E-state index in [2.05, 4.69) is 21.2 Å². The molecule has 0 bridgehead atoms. The number of halogens is 1. The zero-order valence-electron chi connectivity index (χ0n) is 11.2. The Hall–Kier alpha value is -2.01. The van der Waals surface area contributed by atoms with Crippen molar-refractivity contribution < 1.29 is 9.53 Å². The van der Waals surface area contributed by atoms with Crippen molar-refractivity contribution in [3.63, 3.8) is 0 Å². The van der Waals surface area contributed by atoms with E-state index < -0.39 is 0 Å². The molecule has 0 heterocycles. The number of hydrogen-bond acceptors (Lipinski definition) is 3. The van der Waals surface area contributed by atoms with Crippen LogP contribution < -0.4 is 15.8 Å². The third kappa shape index (κ3) is 3.11. The molecule has 2 aromatic rings. The Morgan fingerprint density at radius 1 is 1.25 bits per heavy atom. The Kier molecular flexibility index (Phi) is 4.29. The monoisotopic (exact) mass is 334 g/mol. The summed E-state index contributed by atoms with van der Waals surface area (Å²) in [5.41, 5.74) is 8.38. The van der Waals surface area contributed by atoms with Crippen molar-refractivity contribution in [1.29, 1.82) is 0 Å². The number of nitrogens with one attached hydrogen (secondary N) is 1. The molecule has 1 amide bonds. The van der Waals surface area contributed by atoms with Gasteiger partial charge < -0.3 is 15.8 Å². The molecule has 0 spiro atoms. The van der Waals surface area contributed by atoms with Crippen molar-refractivity contribution in [2.24, 2.45) is 0 Å². The first-order chi connectivity index (χ1) is 9.51. The van der Waals surface area contributed by atoms with Crippen LogP contribution >= 0.6 is 15.9 Å². The summed E-state index contributed by atoms with van der Waals surface area (Å²) in [5.74, 6) is 0.413. The maximum atomic E-state index is 12.2. The van der Waals surface area contributed by atoms with Gasteiger partial charge in [-0.05, 0) is 47.1 Å². The highest BCUT2D eigenvalue weighted by Gasteiger charge is 2.11. The van der Waals surface area contributed by atoms with Gasteiger partial charge in [0.1, 0.15) is 5.75 Å². The largest absolute Gasteiger partial charge is 0.495 e. The van der Waals surface area contributed by atoms with Gasteiger partial charge in [0.2, 0.25) is 0 Å². The molecule has 0 fully saturated rings. The first-order valence-electron chi connectivity index (χ1n) is 6.02. The van der Waals surface area contributed by atoms with Crippen molar-refractivity contribution in [2.45, 2.75) is 6.92 Å². The van der Waals surface area contributed by atoms with E-state index in [-0.39, 0.29) is 5.91 Å². The van der Waals surface area contributed by atoms with Crippen LogP contribution in [0.3, 0.4) is 0 Å². The molecule has 104 valence electrons. The number of ether oxygens (including phenoxy) is 1. The fourth-order valence-electron chi connectivity index (χ4n) is 1.80. The van der Waals surface area contributed by atoms with Crippen LogP contribution in [0.25, 0.3) is 0 Å². The maximum absolute atomic E-state index is 12.2. The topological polar surface area (TPSA) is 64.3 Å². The van der Waals surface area contributed by atoms with Crippen molar-refractivity contribution in [1.82, 2.24) is 0 Å². The van der Waals surface area contributed by atoms with Gasteiger partial charge in [-0.3, -0.25) is 4.79 Å². The van der Waals surface area contributed by atoms with Gasteiger partial charge in [-0.2, -0.15) is 0 Å². The molecule has 2 rings (SSSR count). The second-order valence-electron chi connectivity index (χ2n) is 4.39. The molecule has 0 aliphatic rings. The summed E-state index contributed by atoms with van der Waals surface area (Å²) in [4.78, 5) is 12.2. The number of anilines is 2. The predicted molar refractivity (Wildman–Crippen MR) is 84.2 cm³/mol. The van der Waals surface area contributed by atoms with Crippen molar-refractivity contribution >= 4 is 33.2 Å². The number of rotatable bonds is 3. The van der Waals surface area contributed by atoms with E-state index >= 15 is 0 Å². The summed E-state index contributed by atoms with van der Waals surface area (Å²) in [6, 6.07) is 10.7. The Labute approximate surface area is 126 Å². The highest BCUT2D eigenvalue weighted by Crippen LogP contribution is 2.28. The summed E-state index contributed by atoms with van der Waals surface area (Å²) in [6.07, 6.45) is 0. The highest BCUT2D eigenvalue weighted by molar-refractivity contribution is 9.10. The molecule has 3 N–H and O–H groups in total. The average Bonchev–Trinajstić information content (AvgIpc) is 2.43. The zero-order valence-corrected chi connectivity index (χ0v) is 12.8. The number of benzene rings is 2. The van der Waals surface area contributed by atoms with Crippen LogP contribution in [-0.2, 0) is 0 Å². The van der Waals surface area contributed by atoms with E-state index in [1.165, 1.54) is 0 Å². The van der Waals surface area contributed by atoms with Crippen LogP contribution in [0.2, 0.25) is 0 Å². The van der Waals surface area contributed by atoms with Crippen LogP contribution in [0.1, 0.15) is 15.9 Å². The van der Waals surface area contributed by atoms with Gasteiger partial charge in [0.25, 0.3) is 5.91 Å². The fourth-order valence-corrected chi connectivity index (χ4v) is 2.21. The molecule has 0 aliphatic heterocycles. The molecule has 20 heavy (non-hydrogen) atoms. The first-order valence-corrected chi connectivity index (χ1v) is 6.81. The number of carbonyl (C=O) groups is 1. The Morgan fingerprint density at radius 3 is 2.70 bits per heavy atom. The summed E-state index contributed by atoms with van der Waals surface area (Å²) in [5, 5.41) is 2.81. The lowest BCUT2D eigenvalue weighted by molar-refractivity contribution is 0.102. The van der Waals surface area contributed by atoms with Crippen molar-refractivity contribution in [3.8, 4) is 5.75 Å². The van der Waals surface area contributed by atoms with Crippen molar-refractivity contribution in [3.05, 3.63) is 52.0 Å². The number of nitrogen functional groups attached to an aromatic ring is 1. The molecular formula is C15H15BrN2O2. The summed E-state index contributed by atoms with van der Waals surface area (Å²) < 4.78 is 6.02. The van der Waals surface area contributed by atoms with Gasteiger partial charge in [-0.15, -0.1) is 0 Å². The quantitative estimate of drug-likeness (QED) is 0.843. The minimum atomic E-state index is -0.240. The number of nitrogens with two attached hydrogens (primary N) is 1. The number of carbonyl (C=O) groups excluding carboxylic acids is 1. The standard InChI is InChI=1S/C15H15BrN2O2/c1-9-3-6-13(17)11(7-9)15(19)18-10-4-5-12(16)14(8-10)20-2/h3-8H,17H2,1-2H3,(H,18,19). The normalized spacial score (nSPS) is 10.2. The van der Waals surface area contributed by atoms with E-state index in [9.17, 15) is 4.79 Å². The molecule has 0 saturated heterocycles. The number of aryl methyl sites for hydroxylation is 1. The average molecular weight is 335 g/mol. The Bertz CT molecular complexity index is 656. The zero-order chi connectivity index (χ0) is 14.7. The smallest absolute Gasteiger partial charge is 0.257 e. The molecule has 0 aromatic heterocycles. The maximum Gasteiger partial charge on any atom is 0.257 e. The molecule has 5 heteroatoms. The lowest BCUT2D eigenvalue weighted by Crippen LogP contribution is -2.14. The van der Waals surface area contributed by atoms with E-state index in [1.807, 2.05) is 19.1 Å². The SMILES string of the molecule is COc1cc(NC(=O)c2cc(C)ccc2N)ccc1Br. The van der Waals surface area contributed by atoms with Gasteiger partial charge in [0, 0.05) is 17.4 Å². The molecule has 0 unspecified atom stereocenters. The van der Waals surface area contributed by atoms with Gasteiger partial charge in [0.15, 0.2) is 0 Å². The Balaban J connectivity index is 2.25. The number of hydrogen-bond donors (Lipinski definition) is 2. The molecule has 4 nitrogen and oxygen atoms in total. The van der Waals surface area contributed by atoms with Crippen LogP contribution in [0, 0.1) is 6.92 Å². The highest BCUT2D eigenvalue weighted by atomic mass is 79.9. The number of methoxy groups -OCH3 is 1. The summed E-state index contributed by atoms with van der Waals surface area (Å²) >= 11 is 3.37. The van der Waals surface area contributed by atoms with Crippen LogP contribution in [0.5, 0.6) is 5.75 Å². The second-order valence-corrected chi connectivity index (χ2v) is 5.25. The van der Waals surface area contributed by atoms with Crippen LogP contribution in [-0.4, -0.2) is 13.0 Å². The molecule has 0 saturated carbocycles. The van der Waals surface area contributed by atoms with Crippen LogP contribution in [0.15, 0.2) is 40.9 Å².